The van der Waals surface area contributed by atoms with Crippen molar-refractivity contribution in [2.45, 2.75) is 39.7 Å². The molecule has 3 heteroatoms. The van der Waals surface area contributed by atoms with Gasteiger partial charge in [0.1, 0.15) is 12.7 Å². The Morgan fingerprint density at radius 3 is 2.67 bits per heavy atom. The molecule has 2 rings (SSSR count). The molecule has 1 heterocycles. The predicted octanol–water partition coefficient (Wildman–Crippen LogP) is 2.83. The van der Waals surface area contributed by atoms with Gasteiger partial charge in [0.2, 0.25) is 0 Å². The van der Waals surface area contributed by atoms with Crippen LogP contribution in [0.4, 0.5) is 0 Å². The lowest BCUT2D eigenvalue weighted by molar-refractivity contribution is 0.0903. The van der Waals surface area contributed by atoms with Gasteiger partial charge in [0.05, 0.1) is 0 Å². The zero-order valence-corrected chi connectivity index (χ0v) is 11.6. The normalized spacial score (nSPS) is 17.8. The SMILES string of the molecule is CCCCNCC1COc2cc(C)c(C)cc2O1. The average molecular weight is 249 g/mol. The molecule has 0 saturated carbocycles. The fourth-order valence-electron chi connectivity index (χ4n) is 2.03. The van der Waals surface area contributed by atoms with Crippen LogP contribution in [-0.4, -0.2) is 25.8 Å². The molecule has 0 aromatic heterocycles. The molecule has 0 saturated heterocycles. The number of benzene rings is 1. The molecule has 1 aliphatic rings. The van der Waals surface area contributed by atoms with Crippen LogP contribution < -0.4 is 14.8 Å². The largest absolute Gasteiger partial charge is 0.486 e. The van der Waals surface area contributed by atoms with Gasteiger partial charge >= 0.3 is 0 Å². The minimum Gasteiger partial charge on any atom is -0.486 e. The minimum absolute atomic E-state index is 0.122. The van der Waals surface area contributed by atoms with Gasteiger partial charge in [0, 0.05) is 6.54 Å². The first kappa shape index (κ1) is 13.2. The Labute approximate surface area is 109 Å². The molecule has 0 bridgehead atoms. The number of unbranched alkanes of at least 4 members (excludes halogenated alkanes) is 1. The quantitative estimate of drug-likeness (QED) is 0.814. The second-order valence-corrected chi connectivity index (χ2v) is 4.99. The Balaban J connectivity index is 1.91. The van der Waals surface area contributed by atoms with E-state index in [9.17, 15) is 0 Å². The third-order valence-corrected chi connectivity index (χ3v) is 3.36. The summed E-state index contributed by atoms with van der Waals surface area (Å²) in [5.41, 5.74) is 2.49. The van der Waals surface area contributed by atoms with E-state index in [1.165, 1.54) is 24.0 Å². The summed E-state index contributed by atoms with van der Waals surface area (Å²) in [4.78, 5) is 0. The van der Waals surface area contributed by atoms with Crippen molar-refractivity contribution in [2.75, 3.05) is 19.7 Å². The maximum Gasteiger partial charge on any atom is 0.162 e. The molecule has 100 valence electrons. The Hall–Kier alpha value is -1.22. The average Bonchev–Trinajstić information content (AvgIpc) is 2.36. The molecule has 1 aliphatic heterocycles. The highest BCUT2D eigenvalue weighted by Gasteiger charge is 2.21. The molecule has 0 spiro atoms. The number of rotatable bonds is 5. The standard InChI is InChI=1S/C15H23NO2/c1-4-5-6-16-9-13-10-17-14-7-11(2)12(3)8-15(14)18-13/h7-8,13,16H,4-6,9-10H2,1-3H3. The topological polar surface area (TPSA) is 30.5 Å². The van der Waals surface area contributed by atoms with Crippen LogP contribution in [0.15, 0.2) is 12.1 Å². The summed E-state index contributed by atoms with van der Waals surface area (Å²) >= 11 is 0. The first-order valence-corrected chi connectivity index (χ1v) is 6.82. The molecule has 3 nitrogen and oxygen atoms in total. The van der Waals surface area contributed by atoms with Crippen LogP contribution in [0.25, 0.3) is 0 Å². The molecule has 0 radical (unpaired) electrons. The third kappa shape index (κ3) is 3.16. The van der Waals surface area contributed by atoms with E-state index in [0.717, 1.165) is 24.6 Å². The summed E-state index contributed by atoms with van der Waals surface area (Å²) in [7, 11) is 0. The van der Waals surface area contributed by atoms with Gasteiger partial charge in [-0.25, -0.2) is 0 Å². The summed E-state index contributed by atoms with van der Waals surface area (Å²) in [6, 6.07) is 4.13. The van der Waals surface area contributed by atoms with E-state index in [1.54, 1.807) is 0 Å². The third-order valence-electron chi connectivity index (χ3n) is 3.36. The Kier molecular flexibility index (Phi) is 4.48. The molecule has 1 N–H and O–H groups in total. The van der Waals surface area contributed by atoms with Gasteiger partial charge < -0.3 is 14.8 Å². The number of fused-ring (bicyclic) bond motifs is 1. The molecule has 0 amide bonds. The summed E-state index contributed by atoms with van der Waals surface area (Å²) < 4.78 is 11.7. The molecule has 0 aliphatic carbocycles. The lowest BCUT2D eigenvalue weighted by atomic mass is 10.1. The van der Waals surface area contributed by atoms with Crippen molar-refractivity contribution in [3.05, 3.63) is 23.3 Å². The number of ether oxygens (including phenoxy) is 2. The highest BCUT2D eigenvalue weighted by Crippen LogP contribution is 2.34. The van der Waals surface area contributed by atoms with Gasteiger partial charge in [-0.05, 0) is 50.1 Å². The van der Waals surface area contributed by atoms with E-state index in [-0.39, 0.29) is 6.10 Å². The highest BCUT2D eigenvalue weighted by molar-refractivity contribution is 5.47. The van der Waals surface area contributed by atoms with Crippen molar-refractivity contribution in [1.29, 1.82) is 0 Å². The number of hydrogen-bond acceptors (Lipinski definition) is 3. The number of nitrogens with one attached hydrogen (secondary N) is 1. The van der Waals surface area contributed by atoms with Crippen LogP contribution in [0, 0.1) is 13.8 Å². The molecule has 1 aromatic rings. The maximum atomic E-state index is 5.96. The fraction of sp³-hybridized carbons (Fsp3) is 0.600. The first-order chi connectivity index (χ1) is 8.70. The van der Waals surface area contributed by atoms with E-state index in [4.69, 9.17) is 9.47 Å². The summed E-state index contributed by atoms with van der Waals surface area (Å²) in [6.45, 7) is 8.93. The monoisotopic (exact) mass is 249 g/mol. The van der Waals surface area contributed by atoms with Gasteiger partial charge in [-0.15, -0.1) is 0 Å². The van der Waals surface area contributed by atoms with Crippen LogP contribution in [0.1, 0.15) is 30.9 Å². The van der Waals surface area contributed by atoms with Gasteiger partial charge in [-0.1, -0.05) is 13.3 Å². The van der Waals surface area contributed by atoms with Crippen molar-refractivity contribution >= 4 is 0 Å². The van der Waals surface area contributed by atoms with Crippen LogP contribution in [0.2, 0.25) is 0 Å². The van der Waals surface area contributed by atoms with Gasteiger partial charge in [-0.2, -0.15) is 0 Å². The summed E-state index contributed by atoms with van der Waals surface area (Å²) in [6.07, 6.45) is 2.55. The van der Waals surface area contributed by atoms with Gasteiger partial charge in [0.15, 0.2) is 11.5 Å². The predicted molar refractivity (Wildman–Crippen MR) is 73.6 cm³/mol. The van der Waals surface area contributed by atoms with E-state index in [0.29, 0.717) is 6.61 Å². The van der Waals surface area contributed by atoms with Gasteiger partial charge in [-0.3, -0.25) is 0 Å². The fourth-order valence-corrected chi connectivity index (χ4v) is 2.03. The van der Waals surface area contributed by atoms with Crippen molar-refractivity contribution in [1.82, 2.24) is 5.32 Å². The molecular weight excluding hydrogens is 226 g/mol. The molecule has 1 atom stereocenters. The maximum absolute atomic E-state index is 5.96. The Morgan fingerprint density at radius 2 is 1.94 bits per heavy atom. The number of aryl methyl sites for hydroxylation is 2. The minimum atomic E-state index is 0.122. The number of hydrogen-bond donors (Lipinski definition) is 1. The van der Waals surface area contributed by atoms with E-state index < -0.39 is 0 Å². The molecule has 1 unspecified atom stereocenters. The van der Waals surface area contributed by atoms with Crippen molar-refractivity contribution in [3.63, 3.8) is 0 Å². The van der Waals surface area contributed by atoms with E-state index in [2.05, 4.69) is 38.2 Å². The van der Waals surface area contributed by atoms with Gasteiger partial charge in [0.25, 0.3) is 0 Å². The van der Waals surface area contributed by atoms with Crippen molar-refractivity contribution in [3.8, 4) is 11.5 Å². The zero-order chi connectivity index (χ0) is 13.0. The summed E-state index contributed by atoms with van der Waals surface area (Å²) in [5.74, 6) is 1.76. The van der Waals surface area contributed by atoms with Crippen LogP contribution >= 0.6 is 0 Å². The molecular formula is C15H23NO2. The summed E-state index contributed by atoms with van der Waals surface area (Å²) in [5, 5.41) is 3.41. The first-order valence-electron chi connectivity index (χ1n) is 6.82. The highest BCUT2D eigenvalue weighted by atomic mass is 16.6. The Morgan fingerprint density at radius 1 is 1.22 bits per heavy atom. The molecule has 18 heavy (non-hydrogen) atoms. The smallest absolute Gasteiger partial charge is 0.162 e. The molecule has 1 aromatic carbocycles. The zero-order valence-electron chi connectivity index (χ0n) is 11.6. The van der Waals surface area contributed by atoms with Crippen molar-refractivity contribution in [2.24, 2.45) is 0 Å². The molecule has 0 fully saturated rings. The lowest BCUT2D eigenvalue weighted by Gasteiger charge is -2.27. The lowest BCUT2D eigenvalue weighted by Crippen LogP contribution is -2.38. The Bertz CT molecular complexity index is 404. The van der Waals surface area contributed by atoms with Crippen LogP contribution in [-0.2, 0) is 0 Å². The van der Waals surface area contributed by atoms with E-state index >= 15 is 0 Å². The van der Waals surface area contributed by atoms with Crippen molar-refractivity contribution < 1.29 is 9.47 Å². The second kappa shape index (κ2) is 6.10. The second-order valence-electron chi connectivity index (χ2n) is 4.99. The van der Waals surface area contributed by atoms with Crippen LogP contribution in [0.5, 0.6) is 11.5 Å². The van der Waals surface area contributed by atoms with E-state index in [1.807, 2.05) is 0 Å². The van der Waals surface area contributed by atoms with Crippen LogP contribution in [0.3, 0.4) is 0 Å².